The van der Waals surface area contributed by atoms with Crippen LogP contribution in [-0.2, 0) is 6.42 Å². The molecule has 0 unspecified atom stereocenters. The molecule has 0 aliphatic carbocycles. The molecule has 0 aliphatic heterocycles. The van der Waals surface area contributed by atoms with Gasteiger partial charge in [0.05, 0.1) is 0 Å². The van der Waals surface area contributed by atoms with Crippen molar-refractivity contribution < 1.29 is 0 Å². The van der Waals surface area contributed by atoms with Crippen molar-refractivity contribution in [2.24, 2.45) is 0 Å². The van der Waals surface area contributed by atoms with E-state index in [9.17, 15) is 0 Å². The number of pyridine rings is 1. The van der Waals surface area contributed by atoms with Gasteiger partial charge in [-0.05, 0) is 31.4 Å². The van der Waals surface area contributed by atoms with Crippen LogP contribution in [0.5, 0.6) is 0 Å². The van der Waals surface area contributed by atoms with Gasteiger partial charge in [0.25, 0.3) is 0 Å². The number of aromatic nitrogens is 1. The molecule has 0 radical (unpaired) electrons. The highest BCUT2D eigenvalue weighted by Crippen LogP contribution is 2.13. The Kier molecular flexibility index (Phi) is 5.12. The van der Waals surface area contributed by atoms with E-state index in [1.165, 1.54) is 5.56 Å². The number of hydrogen-bond acceptors (Lipinski definition) is 2. The van der Waals surface area contributed by atoms with Gasteiger partial charge in [-0.15, -0.1) is 0 Å². The van der Waals surface area contributed by atoms with Crippen molar-refractivity contribution in [1.82, 2.24) is 4.98 Å². The minimum atomic E-state index is 0.660. The molecule has 2 N–H and O–H groups in total. The van der Waals surface area contributed by atoms with Crippen LogP contribution in [0.4, 0.5) is 5.82 Å². The molecule has 0 aliphatic rings. The van der Waals surface area contributed by atoms with Gasteiger partial charge in [0.2, 0.25) is 0 Å². The van der Waals surface area contributed by atoms with Crippen molar-refractivity contribution in [3.05, 3.63) is 22.9 Å². The fourth-order valence-corrected chi connectivity index (χ4v) is 1.16. The molecule has 0 spiro atoms. The molecule has 1 aromatic rings. The van der Waals surface area contributed by atoms with E-state index in [-0.39, 0.29) is 0 Å². The average Bonchev–Trinajstić information content (AvgIpc) is 2.15. The van der Waals surface area contributed by atoms with E-state index in [1.54, 1.807) is 0 Å². The van der Waals surface area contributed by atoms with Gasteiger partial charge in [-0.2, -0.15) is 0 Å². The number of aryl methyl sites for hydroxylation is 3. The van der Waals surface area contributed by atoms with E-state index >= 15 is 0 Å². The van der Waals surface area contributed by atoms with Crippen LogP contribution >= 0.6 is 0 Å². The van der Waals surface area contributed by atoms with Crippen LogP contribution in [0.25, 0.3) is 0 Å². The first kappa shape index (κ1) is 11.9. The summed E-state index contributed by atoms with van der Waals surface area (Å²) in [6.07, 6.45) is 0.955. The number of rotatable bonds is 1. The lowest BCUT2D eigenvalue weighted by molar-refractivity contribution is 1.01. The Balaban J connectivity index is 0.000000671. The molecule has 0 fully saturated rings. The molecule has 0 saturated carbocycles. The van der Waals surface area contributed by atoms with Gasteiger partial charge in [0.1, 0.15) is 5.82 Å². The van der Waals surface area contributed by atoms with Crippen molar-refractivity contribution in [1.29, 1.82) is 0 Å². The first-order valence-electron chi connectivity index (χ1n) is 4.87. The van der Waals surface area contributed by atoms with Crippen LogP contribution in [-0.4, -0.2) is 4.98 Å². The largest absolute Gasteiger partial charge is 0.383 e. The monoisotopic (exact) mass is 180 g/mol. The second kappa shape index (κ2) is 5.57. The van der Waals surface area contributed by atoms with Crippen molar-refractivity contribution in [2.75, 3.05) is 5.73 Å². The molecule has 0 atom stereocenters. The maximum atomic E-state index is 5.65. The third kappa shape index (κ3) is 3.05. The van der Waals surface area contributed by atoms with Gasteiger partial charge >= 0.3 is 0 Å². The third-order valence-electron chi connectivity index (χ3n) is 1.88. The molecule has 0 saturated heterocycles. The van der Waals surface area contributed by atoms with Crippen LogP contribution in [0, 0.1) is 13.8 Å². The summed E-state index contributed by atoms with van der Waals surface area (Å²) < 4.78 is 0. The van der Waals surface area contributed by atoms with Gasteiger partial charge in [-0.1, -0.05) is 26.8 Å². The van der Waals surface area contributed by atoms with Crippen LogP contribution in [0.15, 0.2) is 6.07 Å². The van der Waals surface area contributed by atoms with E-state index in [0.29, 0.717) is 5.82 Å². The lowest BCUT2D eigenvalue weighted by atomic mass is 10.1. The summed E-state index contributed by atoms with van der Waals surface area (Å²) in [5.74, 6) is 0.660. The molecular weight excluding hydrogens is 160 g/mol. The zero-order valence-corrected chi connectivity index (χ0v) is 9.31. The standard InChI is InChI=1S/C9H14N2.C2H6/c1-4-8-6(2)5-7(3)9(10)11-8;1-2/h5H,4H2,1-3H3,(H2,10,11);1-2H3. The number of nitrogens with zero attached hydrogens (tertiary/aromatic N) is 1. The quantitative estimate of drug-likeness (QED) is 0.721. The molecule has 2 nitrogen and oxygen atoms in total. The smallest absolute Gasteiger partial charge is 0.126 e. The number of hydrogen-bond donors (Lipinski definition) is 1. The van der Waals surface area contributed by atoms with Crippen LogP contribution in [0.2, 0.25) is 0 Å². The normalized spacial score (nSPS) is 9.00. The van der Waals surface area contributed by atoms with E-state index in [2.05, 4.69) is 24.9 Å². The molecular formula is C11H20N2. The summed E-state index contributed by atoms with van der Waals surface area (Å²) in [7, 11) is 0. The van der Waals surface area contributed by atoms with Gasteiger partial charge in [-0.25, -0.2) is 4.98 Å². The van der Waals surface area contributed by atoms with Gasteiger partial charge in [0.15, 0.2) is 0 Å². The zero-order chi connectivity index (χ0) is 10.4. The highest BCUT2D eigenvalue weighted by molar-refractivity contribution is 5.42. The predicted molar refractivity (Wildman–Crippen MR) is 58.8 cm³/mol. The van der Waals surface area contributed by atoms with E-state index < -0.39 is 0 Å². The SMILES string of the molecule is CC.CCc1nc(N)c(C)cc1C. The minimum Gasteiger partial charge on any atom is -0.383 e. The van der Waals surface area contributed by atoms with Crippen molar-refractivity contribution in [2.45, 2.75) is 41.0 Å². The summed E-state index contributed by atoms with van der Waals surface area (Å²) in [5.41, 5.74) is 9.06. The second-order valence-electron chi connectivity index (χ2n) is 2.81. The van der Waals surface area contributed by atoms with Crippen LogP contribution < -0.4 is 5.73 Å². The Labute approximate surface area is 81.2 Å². The van der Waals surface area contributed by atoms with Crippen molar-refractivity contribution in [3.8, 4) is 0 Å². The lowest BCUT2D eigenvalue weighted by Gasteiger charge is -2.05. The number of nitrogens with two attached hydrogens (primary N) is 1. The van der Waals surface area contributed by atoms with Crippen molar-refractivity contribution >= 4 is 5.82 Å². The highest BCUT2D eigenvalue weighted by atomic mass is 14.8. The Morgan fingerprint density at radius 3 is 2.23 bits per heavy atom. The molecule has 1 aromatic heterocycles. The van der Waals surface area contributed by atoms with Crippen LogP contribution in [0.3, 0.4) is 0 Å². The van der Waals surface area contributed by atoms with E-state index in [0.717, 1.165) is 17.7 Å². The third-order valence-corrected chi connectivity index (χ3v) is 1.88. The predicted octanol–water partition coefficient (Wildman–Crippen LogP) is 2.87. The molecule has 0 bridgehead atoms. The molecule has 0 aromatic carbocycles. The molecule has 0 amide bonds. The fourth-order valence-electron chi connectivity index (χ4n) is 1.16. The van der Waals surface area contributed by atoms with E-state index in [4.69, 9.17) is 5.73 Å². The maximum absolute atomic E-state index is 5.65. The maximum Gasteiger partial charge on any atom is 0.126 e. The molecule has 1 heterocycles. The molecule has 1 rings (SSSR count). The molecule has 13 heavy (non-hydrogen) atoms. The first-order valence-corrected chi connectivity index (χ1v) is 4.87. The van der Waals surface area contributed by atoms with Gasteiger partial charge < -0.3 is 5.73 Å². The summed E-state index contributed by atoms with van der Waals surface area (Å²) >= 11 is 0. The average molecular weight is 180 g/mol. The summed E-state index contributed by atoms with van der Waals surface area (Å²) in [6, 6.07) is 2.08. The summed E-state index contributed by atoms with van der Waals surface area (Å²) in [4.78, 5) is 4.27. The fraction of sp³-hybridized carbons (Fsp3) is 0.545. The topological polar surface area (TPSA) is 38.9 Å². The summed E-state index contributed by atoms with van der Waals surface area (Å²) in [6.45, 7) is 10.1. The van der Waals surface area contributed by atoms with Gasteiger partial charge in [-0.3, -0.25) is 0 Å². The molecule has 74 valence electrons. The second-order valence-corrected chi connectivity index (χ2v) is 2.81. The Morgan fingerprint density at radius 1 is 1.23 bits per heavy atom. The first-order chi connectivity index (χ1) is 6.15. The summed E-state index contributed by atoms with van der Waals surface area (Å²) in [5, 5.41) is 0. The Morgan fingerprint density at radius 2 is 1.77 bits per heavy atom. The number of anilines is 1. The van der Waals surface area contributed by atoms with Gasteiger partial charge in [0, 0.05) is 5.69 Å². The van der Waals surface area contributed by atoms with Crippen molar-refractivity contribution in [3.63, 3.8) is 0 Å². The van der Waals surface area contributed by atoms with E-state index in [1.807, 2.05) is 20.8 Å². The Bertz CT molecular complexity index is 267. The molecule has 2 heteroatoms. The number of nitrogen functional groups attached to an aromatic ring is 1. The highest BCUT2D eigenvalue weighted by Gasteiger charge is 2.00. The Hall–Kier alpha value is -1.05. The zero-order valence-electron chi connectivity index (χ0n) is 9.31. The van der Waals surface area contributed by atoms with Crippen LogP contribution in [0.1, 0.15) is 37.6 Å². The lowest BCUT2D eigenvalue weighted by Crippen LogP contribution is -2.00. The minimum absolute atomic E-state index is 0.660.